The third-order valence-electron chi connectivity index (χ3n) is 2.70. The van der Waals surface area contributed by atoms with Gasteiger partial charge in [-0.25, -0.2) is 4.98 Å². The van der Waals surface area contributed by atoms with Crippen LogP contribution in [-0.2, 0) is 5.88 Å². The maximum absolute atomic E-state index is 5.96. The van der Waals surface area contributed by atoms with Crippen LogP contribution in [0.5, 0.6) is 0 Å². The van der Waals surface area contributed by atoms with Gasteiger partial charge in [0.1, 0.15) is 0 Å². The molecule has 4 heteroatoms. The van der Waals surface area contributed by atoms with Crippen LogP contribution in [0.2, 0.25) is 0 Å². The van der Waals surface area contributed by atoms with E-state index >= 15 is 0 Å². The Morgan fingerprint density at radius 1 is 1.38 bits per heavy atom. The zero-order valence-electron chi connectivity index (χ0n) is 9.17. The quantitative estimate of drug-likeness (QED) is 0.767. The molecule has 0 fully saturated rings. The van der Waals surface area contributed by atoms with Gasteiger partial charge in [-0.2, -0.15) is 0 Å². The monoisotopic (exact) mass is 298 g/mol. The van der Waals surface area contributed by atoms with Gasteiger partial charge in [0, 0.05) is 16.0 Å². The normalized spacial score (nSPS) is 10.8. The SMILES string of the molecule is Cc1ncn(-c2ccc(Br)cc2CCl)c1C. The second-order valence-electron chi connectivity index (χ2n) is 3.69. The average Bonchev–Trinajstić information content (AvgIpc) is 2.60. The van der Waals surface area contributed by atoms with E-state index in [4.69, 9.17) is 11.6 Å². The number of hydrogen-bond donors (Lipinski definition) is 0. The van der Waals surface area contributed by atoms with Crippen LogP contribution in [0.1, 0.15) is 17.0 Å². The predicted octanol–water partition coefficient (Wildman–Crippen LogP) is 3.99. The Bertz CT molecular complexity index is 520. The van der Waals surface area contributed by atoms with E-state index in [1.165, 1.54) is 0 Å². The Morgan fingerprint density at radius 2 is 2.12 bits per heavy atom. The molecular weight excluding hydrogens is 288 g/mol. The van der Waals surface area contributed by atoms with E-state index in [2.05, 4.69) is 38.5 Å². The van der Waals surface area contributed by atoms with Gasteiger partial charge >= 0.3 is 0 Å². The molecule has 0 unspecified atom stereocenters. The van der Waals surface area contributed by atoms with Crippen molar-refractivity contribution in [2.45, 2.75) is 19.7 Å². The maximum Gasteiger partial charge on any atom is 0.0997 e. The lowest BCUT2D eigenvalue weighted by atomic mass is 10.2. The van der Waals surface area contributed by atoms with Gasteiger partial charge < -0.3 is 4.57 Å². The summed E-state index contributed by atoms with van der Waals surface area (Å²) >= 11 is 9.41. The highest BCUT2D eigenvalue weighted by molar-refractivity contribution is 9.10. The van der Waals surface area contributed by atoms with Crippen molar-refractivity contribution in [3.8, 4) is 5.69 Å². The number of nitrogens with zero attached hydrogens (tertiary/aromatic N) is 2. The fourth-order valence-corrected chi connectivity index (χ4v) is 2.26. The first kappa shape index (κ1) is 11.7. The number of aryl methyl sites for hydroxylation is 1. The first-order valence-corrected chi connectivity index (χ1v) is 6.31. The van der Waals surface area contributed by atoms with E-state index in [1.54, 1.807) is 0 Å². The van der Waals surface area contributed by atoms with Gasteiger partial charge in [-0.3, -0.25) is 0 Å². The first-order valence-electron chi connectivity index (χ1n) is 4.99. The van der Waals surface area contributed by atoms with Crippen molar-refractivity contribution in [3.05, 3.63) is 46.0 Å². The summed E-state index contributed by atoms with van der Waals surface area (Å²) < 4.78 is 3.11. The Hall–Kier alpha value is -0.800. The van der Waals surface area contributed by atoms with Gasteiger partial charge in [0.15, 0.2) is 0 Å². The molecule has 0 aliphatic heterocycles. The smallest absolute Gasteiger partial charge is 0.0997 e. The number of halogens is 2. The van der Waals surface area contributed by atoms with E-state index in [0.29, 0.717) is 5.88 Å². The van der Waals surface area contributed by atoms with Crippen molar-refractivity contribution in [1.82, 2.24) is 9.55 Å². The maximum atomic E-state index is 5.96. The molecule has 0 atom stereocenters. The Labute approximate surface area is 108 Å². The average molecular weight is 300 g/mol. The molecule has 0 saturated heterocycles. The molecule has 0 aliphatic carbocycles. The minimum Gasteiger partial charge on any atom is -0.303 e. The van der Waals surface area contributed by atoms with Crippen molar-refractivity contribution >= 4 is 27.5 Å². The summed E-state index contributed by atoms with van der Waals surface area (Å²) in [6, 6.07) is 6.10. The molecule has 2 rings (SSSR count). The Kier molecular flexibility index (Phi) is 3.36. The third-order valence-corrected chi connectivity index (χ3v) is 3.48. The highest BCUT2D eigenvalue weighted by Crippen LogP contribution is 2.23. The molecule has 0 radical (unpaired) electrons. The molecule has 0 spiro atoms. The summed E-state index contributed by atoms with van der Waals surface area (Å²) in [6.07, 6.45) is 1.84. The highest BCUT2D eigenvalue weighted by atomic mass is 79.9. The van der Waals surface area contributed by atoms with E-state index < -0.39 is 0 Å². The van der Waals surface area contributed by atoms with E-state index in [9.17, 15) is 0 Å². The van der Waals surface area contributed by atoms with Crippen LogP contribution in [0.15, 0.2) is 29.0 Å². The van der Waals surface area contributed by atoms with Crippen molar-refractivity contribution < 1.29 is 0 Å². The number of alkyl halides is 1. The predicted molar refractivity (Wildman–Crippen MR) is 70.3 cm³/mol. The molecule has 0 N–H and O–H groups in total. The van der Waals surface area contributed by atoms with Crippen LogP contribution < -0.4 is 0 Å². The minimum absolute atomic E-state index is 0.492. The topological polar surface area (TPSA) is 17.8 Å². The first-order chi connectivity index (χ1) is 7.63. The largest absolute Gasteiger partial charge is 0.303 e. The molecule has 1 heterocycles. The summed E-state index contributed by atoms with van der Waals surface area (Å²) in [6.45, 7) is 4.06. The molecule has 2 aromatic rings. The second-order valence-corrected chi connectivity index (χ2v) is 4.87. The number of benzene rings is 1. The molecule has 16 heavy (non-hydrogen) atoms. The number of hydrogen-bond acceptors (Lipinski definition) is 1. The molecule has 2 nitrogen and oxygen atoms in total. The van der Waals surface area contributed by atoms with Crippen molar-refractivity contribution in [3.63, 3.8) is 0 Å². The zero-order chi connectivity index (χ0) is 11.7. The lowest BCUT2D eigenvalue weighted by Crippen LogP contribution is -1.99. The van der Waals surface area contributed by atoms with Gasteiger partial charge in [0.2, 0.25) is 0 Å². The molecule has 0 saturated carbocycles. The van der Waals surface area contributed by atoms with Crippen LogP contribution in [0.3, 0.4) is 0 Å². The number of rotatable bonds is 2. The number of aromatic nitrogens is 2. The van der Waals surface area contributed by atoms with Gasteiger partial charge in [-0.15, -0.1) is 11.6 Å². The summed E-state index contributed by atoms with van der Waals surface area (Å²) in [5.74, 6) is 0.492. The van der Waals surface area contributed by atoms with Gasteiger partial charge in [-0.1, -0.05) is 15.9 Å². The second kappa shape index (κ2) is 4.60. The lowest BCUT2D eigenvalue weighted by Gasteiger charge is -2.10. The molecule has 0 bridgehead atoms. The van der Waals surface area contributed by atoms with Crippen LogP contribution in [0.25, 0.3) is 5.69 Å². The fourth-order valence-electron chi connectivity index (χ4n) is 1.64. The fraction of sp³-hybridized carbons (Fsp3) is 0.250. The van der Waals surface area contributed by atoms with Crippen molar-refractivity contribution in [1.29, 1.82) is 0 Å². The van der Waals surface area contributed by atoms with Crippen LogP contribution in [0, 0.1) is 13.8 Å². The van der Waals surface area contributed by atoms with Crippen LogP contribution >= 0.6 is 27.5 Å². The summed E-state index contributed by atoms with van der Waals surface area (Å²) in [5, 5.41) is 0. The van der Waals surface area contributed by atoms with Crippen molar-refractivity contribution in [2.24, 2.45) is 0 Å². The summed E-state index contributed by atoms with van der Waals surface area (Å²) in [7, 11) is 0. The lowest BCUT2D eigenvalue weighted by molar-refractivity contribution is 0.984. The molecule has 84 valence electrons. The van der Waals surface area contributed by atoms with Gasteiger partial charge in [0.25, 0.3) is 0 Å². The minimum atomic E-state index is 0.492. The van der Waals surface area contributed by atoms with E-state index in [0.717, 1.165) is 27.1 Å². The molecular formula is C12H12BrClN2. The molecule has 1 aromatic carbocycles. The Morgan fingerprint density at radius 3 is 2.69 bits per heavy atom. The highest BCUT2D eigenvalue weighted by Gasteiger charge is 2.08. The van der Waals surface area contributed by atoms with Crippen LogP contribution in [0.4, 0.5) is 0 Å². The Balaban J connectivity index is 2.59. The summed E-state index contributed by atoms with van der Waals surface area (Å²) in [4.78, 5) is 4.30. The molecule has 1 aromatic heterocycles. The molecule has 0 amide bonds. The van der Waals surface area contributed by atoms with Crippen molar-refractivity contribution in [2.75, 3.05) is 0 Å². The third kappa shape index (κ3) is 2.02. The molecule has 0 aliphatic rings. The van der Waals surface area contributed by atoms with Crippen LogP contribution in [-0.4, -0.2) is 9.55 Å². The standard InChI is InChI=1S/C12H12BrClN2/c1-8-9(2)16(7-15-8)12-4-3-11(13)5-10(12)6-14/h3-5,7H,6H2,1-2H3. The summed E-state index contributed by atoms with van der Waals surface area (Å²) in [5.41, 5.74) is 4.38. The van der Waals surface area contributed by atoms with Gasteiger partial charge in [0.05, 0.1) is 17.7 Å². The zero-order valence-corrected chi connectivity index (χ0v) is 11.5. The van der Waals surface area contributed by atoms with Gasteiger partial charge in [-0.05, 0) is 37.6 Å². The number of imidazole rings is 1. The van der Waals surface area contributed by atoms with E-state index in [-0.39, 0.29) is 0 Å². The van der Waals surface area contributed by atoms with E-state index in [1.807, 2.05) is 25.4 Å².